The number of nitrogens with one attached hydrogen (secondary N) is 4. The summed E-state index contributed by atoms with van der Waals surface area (Å²) >= 11 is 0. The van der Waals surface area contributed by atoms with Crippen LogP contribution >= 0.6 is 0 Å². The van der Waals surface area contributed by atoms with Crippen LogP contribution in [0.1, 0.15) is 88.7 Å². The summed E-state index contributed by atoms with van der Waals surface area (Å²) < 4.78 is 12.4. The number of likely N-dealkylation sites (N-methyl/N-ethyl adjacent to an activating group) is 1. The molecule has 4 aromatic rings. The average molecular weight is 1240 g/mol. The normalized spacial score (nSPS) is 27.4. The van der Waals surface area contributed by atoms with E-state index in [1.807, 2.05) is 69.7 Å². The Bertz CT molecular complexity index is 3070. The third kappa shape index (κ3) is 17.3. The van der Waals surface area contributed by atoms with Crippen molar-refractivity contribution >= 4 is 41.2 Å². The van der Waals surface area contributed by atoms with Crippen LogP contribution in [0.15, 0.2) is 97.1 Å². The number of amides is 6. The smallest absolute Gasteiger partial charge is 0.251 e. The van der Waals surface area contributed by atoms with E-state index in [1.165, 1.54) is 57.2 Å². The van der Waals surface area contributed by atoms with Gasteiger partial charge in [0.1, 0.15) is 60.5 Å². The minimum Gasteiger partial charge on any atom is -0.508 e. The molecule has 3 unspecified atom stereocenters. The largest absolute Gasteiger partial charge is 0.508 e. The molecule has 6 amide bonds. The quantitative estimate of drug-likeness (QED) is 0.0491. The van der Waals surface area contributed by atoms with E-state index >= 15 is 4.79 Å². The SMILES string of the molecule is CCCCCOc1ccc(-c2ccc(-c3ccc(C(=O)NC4C[C@@H](O)[C@@H](OCC[N+](C)(C)C)NC(=O)[C@@H]5[C@@H](O)[C@@H](C)CN5C(=O)[C@H]([C@@H](C)O)NC(=O)[C@H]([C@H](O)[C@@H](O)c5ccc(O)cc5)NC(=O)[C@@H]5C[C@@H](O)CN5C(=O)C([C@@H](C)O)C(C)C4=O)cc3)cc2)cc1. The Kier molecular flexibility index (Phi) is 23.6. The first-order chi connectivity index (χ1) is 42.1. The molecule has 0 aromatic heterocycles. The molecule has 7 rings (SSSR count). The summed E-state index contributed by atoms with van der Waals surface area (Å²) in [6.07, 6.45) is -12.4. The van der Waals surface area contributed by atoms with Crippen molar-refractivity contribution < 1.29 is 88.4 Å². The summed E-state index contributed by atoms with van der Waals surface area (Å²) in [7, 11) is 5.55. The van der Waals surface area contributed by atoms with E-state index in [1.54, 1.807) is 12.1 Å². The predicted octanol–water partition coefficient (Wildman–Crippen LogP) is 1.14. The Hall–Kier alpha value is -7.39. The molecular weight excluding hydrogens is 1150 g/mol. The summed E-state index contributed by atoms with van der Waals surface area (Å²) in [4.78, 5) is 105. The first-order valence-electron chi connectivity index (χ1n) is 30.4. The van der Waals surface area contributed by atoms with Crippen molar-refractivity contribution in [3.05, 3.63) is 108 Å². The first kappa shape index (κ1) is 69.1. The molecule has 16 atom stereocenters. The maximum atomic E-state index is 15.2. The van der Waals surface area contributed by atoms with E-state index in [-0.39, 0.29) is 30.0 Å². The number of nitrogens with zero attached hydrogens (tertiary/aromatic N) is 3. The molecule has 0 saturated carbocycles. The number of aliphatic hydroxyl groups is 7. The standard InChI is InChI=1S/C65H87N7O17/c1-9-10-11-29-88-47-26-22-42(23-27-47)40-14-12-39(13-15-40)41-16-18-44(19-17-41)59(82)66-48-32-50(77)63(89-30-28-72(6,7)8)69-62(85)54-55(78)35(2)33-71(54)65(87)52(38(5)74)67-61(84)53(58(81)57(80)43-20-24-45(75)25-21-43)68-60(83)49-31-46(76)34-70(49)64(86)51(37(4)73)36(3)56(48)79/h12-27,35-38,46,48-55,57-58,63,73-74,76-78,80-81H,9-11,28-34H2,1-8H3,(H4-,66,67,68,69,75,82,83,84,85)/p+1/t35-,36?,37+,38+,46+,48?,49-,50+,51?,52-,53-,54-,55-,57-,58-,63+/m0/s1. The third-order valence-corrected chi connectivity index (χ3v) is 16.9. The number of phenolic OH excluding ortho intramolecular Hbond substituents is 1. The van der Waals surface area contributed by atoms with Gasteiger partial charge in [0.05, 0.1) is 70.7 Å². The molecule has 0 bridgehead atoms. The number of quaternary nitrogens is 1. The van der Waals surface area contributed by atoms with E-state index < -0.39 is 158 Å². The minimum absolute atomic E-state index is 0.0556. The van der Waals surface area contributed by atoms with Crippen LogP contribution in [0.25, 0.3) is 22.3 Å². The molecule has 3 aliphatic rings. The Morgan fingerprint density at radius 1 is 0.674 bits per heavy atom. The maximum Gasteiger partial charge on any atom is 0.251 e. The summed E-state index contributed by atoms with van der Waals surface area (Å²) in [6.45, 7) is 7.25. The molecule has 3 fully saturated rings. The van der Waals surface area contributed by atoms with Gasteiger partial charge in [0.2, 0.25) is 29.5 Å². The second kappa shape index (κ2) is 30.4. The van der Waals surface area contributed by atoms with Crippen LogP contribution < -0.4 is 26.0 Å². The van der Waals surface area contributed by atoms with Gasteiger partial charge in [-0.1, -0.05) is 94.3 Å². The second-order valence-corrected chi connectivity index (χ2v) is 24.9. The van der Waals surface area contributed by atoms with Gasteiger partial charge in [-0.2, -0.15) is 0 Å². The number of rotatable bonds is 18. The number of ether oxygens (including phenoxy) is 2. The van der Waals surface area contributed by atoms with E-state index in [4.69, 9.17) is 9.47 Å². The Balaban J connectivity index is 1.25. The number of unbranched alkanes of at least 4 members (excludes halogenated alkanes) is 2. The van der Waals surface area contributed by atoms with Crippen molar-refractivity contribution in [2.75, 3.05) is 54.0 Å². The fourth-order valence-electron chi connectivity index (χ4n) is 11.5. The number of benzene rings is 4. The number of Topliss-reactive ketones (excluding diaryl/α,β-unsaturated/α-hetero) is 1. The van der Waals surface area contributed by atoms with Gasteiger partial charge >= 0.3 is 0 Å². The lowest BCUT2D eigenvalue weighted by Crippen LogP contribution is -2.64. The van der Waals surface area contributed by atoms with Crippen molar-refractivity contribution in [2.24, 2.45) is 17.8 Å². The Labute approximate surface area is 518 Å². The van der Waals surface area contributed by atoms with E-state index in [2.05, 4.69) is 28.2 Å². The van der Waals surface area contributed by atoms with Gasteiger partial charge in [0.15, 0.2) is 12.0 Å². The van der Waals surface area contributed by atoms with Crippen LogP contribution in [-0.2, 0) is 33.5 Å². The molecule has 0 aliphatic carbocycles. The van der Waals surface area contributed by atoms with Gasteiger partial charge in [-0.3, -0.25) is 33.6 Å². The van der Waals surface area contributed by atoms with Gasteiger partial charge in [0, 0.05) is 43.3 Å². The topological polar surface area (TPSA) is 354 Å². The Morgan fingerprint density at radius 2 is 1.25 bits per heavy atom. The van der Waals surface area contributed by atoms with Crippen molar-refractivity contribution in [1.29, 1.82) is 0 Å². The van der Waals surface area contributed by atoms with Crippen molar-refractivity contribution in [3.8, 4) is 33.8 Å². The number of aliphatic hydroxyl groups excluding tert-OH is 7. The van der Waals surface area contributed by atoms with Crippen molar-refractivity contribution in [3.63, 3.8) is 0 Å². The fourth-order valence-corrected chi connectivity index (χ4v) is 11.5. The number of hydrogen-bond donors (Lipinski definition) is 12. The number of ketones is 1. The molecule has 0 spiro atoms. The number of phenols is 1. The van der Waals surface area contributed by atoms with Gasteiger partial charge in [0.25, 0.3) is 5.91 Å². The van der Waals surface area contributed by atoms with Crippen LogP contribution in [0.4, 0.5) is 0 Å². The van der Waals surface area contributed by atoms with Crippen LogP contribution in [0.2, 0.25) is 0 Å². The summed E-state index contributed by atoms with van der Waals surface area (Å²) in [6, 6.07) is 17.5. The highest BCUT2D eigenvalue weighted by Crippen LogP contribution is 2.32. The van der Waals surface area contributed by atoms with Crippen molar-refractivity contribution in [2.45, 2.75) is 146 Å². The van der Waals surface area contributed by atoms with Crippen LogP contribution in [0.5, 0.6) is 11.5 Å². The highest BCUT2D eigenvalue weighted by atomic mass is 16.5. The fraction of sp³-hybridized carbons (Fsp3) is 0.523. The zero-order valence-corrected chi connectivity index (χ0v) is 51.6. The highest BCUT2D eigenvalue weighted by molar-refractivity contribution is 6.01. The first-order valence-corrected chi connectivity index (χ1v) is 30.4. The molecule has 3 aliphatic heterocycles. The monoisotopic (exact) mass is 1240 g/mol. The maximum absolute atomic E-state index is 15.2. The predicted molar refractivity (Wildman–Crippen MR) is 326 cm³/mol. The number of fused-ring (bicyclic) bond motifs is 2. The van der Waals surface area contributed by atoms with Crippen LogP contribution in [0.3, 0.4) is 0 Å². The number of hydrogen-bond acceptors (Lipinski definition) is 17. The van der Waals surface area contributed by atoms with Crippen LogP contribution in [-0.4, -0.2) is 223 Å². The summed E-state index contributed by atoms with van der Waals surface area (Å²) in [5.74, 6) is -11.0. The summed E-state index contributed by atoms with van der Waals surface area (Å²) in [5, 5.41) is 101. The zero-order valence-electron chi connectivity index (χ0n) is 51.6. The third-order valence-electron chi connectivity index (χ3n) is 16.9. The molecule has 24 heteroatoms. The van der Waals surface area contributed by atoms with Gasteiger partial charge in [-0.05, 0) is 84.5 Å². The molecule has 3 heterocycles. The molecular formula is C65H88N7O17+. The van der Waals surface area contributed by atoms with Crippen molar-refractivity contribution in [1.82, 2.24) is 31.1 Å². The summed E-state index contributed by atoms with van der Waals surface area (Å²) in [5.41, 5.74) is 3.54. The molecule has 0 radical (unpaired) electrons. The molecule has 4 aromatic carbocycles. The Morgan fingerprint density at radius 3 is 1.81 bits per heavy atom. The molecule has 484 valence electrons. The molecule has 3 saturated heterocycles. The lowest BCUT2D eigenvalue weighted by Gasteiger charge is -2.35. The second-order valence-electron chi connectivity index (χ2n) is 24.9. The van der Waals surface area contributed by atoms with Crippen LogP contribution in [0, 0.1) is 17.8 Å². The average Bonchev–Trinajstić information content (AvgIpc) is 2.08. The van der Waals surface area contributed by atoms with Gasteiger partial charge in [-0.25, -0.2) is 0 Å². The van der Waals surface area contributed by atoms with E-state index in [9.17, 15) is 69.6 Å². The number of carbonyl (C=O) groups is 7. The minimum atomic E-state index is -2.28. The van der Waals surface area contributed by atoms with Gasteiger partial charge in [-0.15, -0.1) is 0 Å². The molecule has 89 heavy (non-hydrogen) atoms. The highest BCUT2D eigenvalue weighted by Gasteiger charge is 2.51. The lowest BCUT2D eigenvalue weighted by atomic mass is 9.81. The van der Waals surface area contributed by atoms with E-state index in [0.717, 1.165) is 64.0 Å². The lowest BCUT2D eigenvalue weighted by molar-refractivity contribution is -0.870. The van der Waals surface area contributed by atoms with Gasteiger partial charge < -0.3 is 85.9 Å². The number of carbonyl (C=O) groups excluding carboxylic acids is 7. The molecule has 24 nitrogen and oxygen atoms in total. The molecule has 12 N–H and O–H groups in total. The zero-order chi connectivity index (χ0) is 65.2. The number of aromatic hydroxyl groups is 1. The van der Waals surface area contributed by atoms with E-state index in [0.29, 0.717) is 17.6 Å².